The Kier molecular flexibility index (Phi) is 6.39. The third-order valence-electron chi connectivity index (χ3n) is 5.05. The van der Waals surface area contributed by atoms with Gasteiger partial charge in [-0.2, -0.15) is 0 Å². The van der Waals surface area contributed by atoms with Crippen LogP contribution in [-0.2, 0) is 11.2 Å². The highest BCUT2D eigenvalue weighted by Gasteiger charge is 2.20. The van der Waals surface area contributed by atoms with Crippen LogP contribution in [0.4, 0.5) is 0 Å². The highest BCUT2D eigenvalue weighted by Crippen LogP contribution is 2.32. The predicted octanol–water partition coefficient (Wildman–Crippen LogP) is 4.73. The zero-order valence-electron chi connectivity index (χ0n) is 16.5. The van der Waals surface area contributed by atoms with Crippen LogP contribution < -0.4 is 0 Å². The molecule has 2 aromatic carbocycles. The van der Waals surface area contributed by atoms with Crippen LogP contribution in [0.1, 0.15) is 45.8 Å². The molecule has 0 unspecified atom stereocenters. The van der Waals surface area contributed by atoms with Crippen molar-refractivity contribution in [3.05, 3.63) is 100 Å². The molecular formula is C24H24N2O3. The lowest BCUT2D eigenvalue weighted by Crippen LogP contribution is -2.12. The Balaban J connectivity index is 2.00. The number of hydrogen-bond donors (Lipinski definition) is 2. The molecule has 29 heavy (non-hydrogen) atoms. The second-order valence-electron chi connectivity index (χ2n) is 7.16. The van der Waals surface area contributed by atoms with Crippen LogP contribution >= 0.6 is 0 Å². The zero-order valence-corrected chi connectivity index (χ0v) is 16.5. The topological polar surface area (TPSA) is 82.8 Å². The summed E-state index contributed by atoms with van der Waals surface area (Å²) in [6.45, 7) is 3.96. The lowest BCUT2D eigenvalue weighted by atomic mass is 9.83. The van der Waals surface area contributed by atoms with Crippen LogP contribution in [-0.4, -0.2) is 27.0 Å². The number of pyridine rings is 1. The monoisotopic (exact) mass is 388 g/mol. The van der Waals surface area contributed by atoms with Gasteiger partial charge in [0.15, 0.2) is 0 Å². The highest BCUT2D eigenvalue weighted by molar-refractivity contribution is 6.01. The van der Waals surface area contributed by atoms with Crippen molar-refractivity contribution in [1.29, 1.82) is 0 Å². The molecular weight excluding hydrogens is 364 g/mol. The Bertz CT molecular complexity index is 1030. The fraction of sp³-hybridized carbons (Fsp3) is 0.208. The van der Waals surface area contributed by atoms with Crippen LogP contribution in [0.25, 0.3) is 0 Å². The van der Waals surface area contributed by atoms with Gasteiger partial charge < -0.3 is 10.3 Å². The van der Waals surface area contributed by atoms with Gasteiger partial charge >= 0.3 is 5.97 Å². The average Bonchev–Trinajstić information content (AvgIpc) is 2.70. The number of aliphatic carboxylic acids is 1. The number of aryl methyl sites for hydroxylation is 2. The molecule has 148 valence electrons. The lowest BCUT2D eigenvalue weighted by Gasteiger charge is -2.21. The second kappa shape index (κ2) is 9.15. The number of carbonyl (C=O) groups is 1. The first kappa shape index (κ1) is 20.3. The van der Waals surface area contributed by atoms with E-state index in [-0.39, 0.29) is 12.3 Å². The largest absolute Gasteiger partial charge is 0.481 e. The first-order chi connectivity index (χ1) is 14.0. The number of rotatable bonds is 7. The van der Waals surface area contributed by atoms with Crippen molar-refractivity contribution in [2.45, 2.75) is 32.6 Å². The Morgan fingerprint density at radius 2 is 1.79 bits per heavy atom. The predicted molar refractivity (Wildman–Crippen MR) is 113 cm³/mol. The van der Waals surface area contributed by atoms with E-state index in [1.165, 1.54) is 0 Å². The number of carboxylic acid groups (broad SMARTS) is 1. The highest BCUT2D eigenvalue weighted by atomic mass is 16.4. The zero-order chi connectivity index (χ0) is 20.8. The number of carboxylic acids is 1. The first-order valence-electron chi connectivity index (χ1n) is 9.48. The Morgan fingerprint density at radius 3 is 2.41 bits per heavy atom. The summed E-state index contributed by atoms with van der Waals surface area (Å²) in [5.74, 6) is -0.884. The maximum Gasteiger partial charge on any atom is 0.307 e. The van der Waals surface area contributed by atoms with Gasteiger partial charge in [-0.1, -0.05) is 53.7 Å². The van der Waals surface area contributed by atoms with Crippen LogP contribution in [0.3, 0.4) is 0 Å². The van der Waals surface area contributed by atoms with Gasteiger partial charge in [0.2, 0.25) is 0 Å². The summed E-state index contributed by atoms with van der Waals surface area (Å²) in [6.07, 6.45) is 2.21. The molecule has 0 amide bonds. The van der Waals surface area contributed by atoms with E-state index in [4.69, 9.17) is 5.11 Å². The number of nitrogens with zero attached hydrogens (tertiary/aromatic N) is 2. The van der Waals surface area contributed by atoms with Crippen LogP contribution in [0.5, 0.6) is 0 Å². The van der Waals surface area contributed by atoms with Crippen molar-refractivity contribution in [3.8, 4) is 0 Å². The van der Waals surface area contributed by atoms with Crippen molar-refractivity contribution in [2.75, 3.05) is 0 Å². The van der Waals surface area contributed by atoms with E-state index >= 15 is 0 Å². The Labute approximate surface area is 170 Å². The van der Waals surface area contributed by atoms with Gasteiger partial charge in [0.05, 0.1) is 12.1 Å². The van der Waals surface area contributed by atoms with Gasteiger partial charge in [-0.25, -0.2) is 0 Å². The summed E-state index contributed by atoms with van der Waals surface area (Å²) >= 11 is 0. The number of benzene rings is 2. The van der Waals surface area contributed by atoms with Crippen molar-refractivity contribution < 1.29 is 15.1 Å². The molecule has 0 aliphatic carbocycles. The molecule has 0 radical (unpaired) electrons. The van der Waals surface area contributed by atoms with Crippen LogP contribution in [0, 0.1) is 13.8 Å². The summed E-state index contributed by atoms with van der Waals surface area (Å²) in [7, 11) is 0. The van der Waals surface area contributed by atoms with Crippen molar-refractivity contribution >= 4 is 11.7 Å². The van der Waals surface area contributed by atoms with Crippen molar-refractivity contribution in [1.82, 2.24) is 4.98 Å². The minimum absolute atomic E-state index is 0.00501. The van der Waals surface area contributed by atoms with Gasteiger partial charge in [0, 0.05) is 29.8 Å². The van der Waals surface area contributed by atoms with Gasteiger partial charge in [0.1, 0.15) is 0 Å². The molecule has 0 bridgehead atoms. The molecule has 5 heteroatoms. The summed E-state index contributed by atoms with van der Waals surface area (Å²) < 4.78 is 0. The van der Waals surface area contributed by atoms with E-state index in [0.717, 1.165) is 33.5 Å². The molecule has 0 aliphatic rings. The van der Waals surface area contributed by atoms with E-state index in [2.05, 4.69) is 29.2 Å². The van der Waals surface area contributed by atoms with E-state index in [1.54, 1.807) is 6.20 Å². The molecule has 5 nitrogen and oxygen atoms in total. The quantitative estimate of drug-likeness (QED) is 0.348. The van der Waals surface area contributed by atoms with Gasteiger partial charge in [0.25, 0.3) is 0 Å². The molecule has 1 heterocycles. The lowest BCUT2D eigenvalue weighted by molar-refractivity contribution is -0.136. The second-order valence-corrected chi connectivity index (χ2v) is 7.16. The molecule has 1 aromatic heterocycles. The van der Waals surface area contributed by atoms with Gasteiger partial charge in [-0.05, 0) is 48.2 Å². The summed E-state index contributed by atoms with van der Waals surface area (Å²) in [5.41, 5.74) is 6.36. The molecule has 0 spiro atoms. The van der Waals surface area contributed by atoms with Crippen LogP contribution in [0.15, 0.2) is 72.0 Å². The maximum atomic E-state index is 11.0. The Hall–Kier alpha value is -3.47. The molecule has 3 rings (SSSR count). The standard InChI is InChI=1S/C24H24N2O3/c1-16-5-3-4-6-21(16)22(19-9-7-18(8-10-19)14-24(27)28)15-23(26-29)20-11-12-25-17(2)13-20/h3-13,22,29H,14-15H2,1-2H3,(H,27,28)/b26-23+/t22-/m0/s1. The maximum absolute atomic E-state index is 11.0. The smallest absolute Gasteiger partial charge is 0.307 e. The third kappa shape index (κ3) is 5.08. The average molecular weight is 388 g/mol. The molecule has 1 atom stereocenters. The van der Waals surface area contributed by atoms with E-state index in [0.29, 0.717) is 12.1 Å². The third-order valence-corrected chi connectivity index (χ3v) is 5.05. The van der Waals surface area contributed by atoms with Crippen molar-refractivity contribution in [3.63, 3.8) is 0 Å². The molecule has 3 aromatic rings. The van der Waals surface area contributed by atoms with Gasteiger partial charge in [-0.3, -0.25) is 9.78 Å². The fourth-order valence-electron chi connectivity index (χ4n) is 3.56. The first-order valence-corrected chi connectivity index (χ1v) is 9.48. The van der Waals surface area contributed by atoms with Crippen LogP contribution in [0.2, 0.25) is 0 Å². The number of hydrogen-bond acceptors (Lipinski definition) is 4. The van der Waals surface area contributed by atoms with Gasteiger partial charge in [-0.15, -0.1) is 0 Å². The van der Waals surface area contributed by atoms with E-state index in [9.17, 15) is 10.0 Å². The van der Waals surface area contributed by atoms with E-state index in [1.807, 2.05) is 55.5 Å². The summed E-state index contributed by atoms with van der Waals surface area (Å²) in [4.78, 5) is 15.2. The minimum Gasteiger partial charge on any atom is -0.481 e. The molecule has 0 saturated carbocycles. The molecule has 0 aliphatic heterocycles. The minimum atomic E-state index is -0.851. The normalized spacial score (nSPS) is 12.6. The Morgan fingerprint density at radius 1 is 1.07 bits per heavy atom. The summed E-state index contributed by atoms with van der Waals surface area (Å²) in [5, 5.41) is 22.3. The summed E-state index contributed by atoms with van der Waals surface area (Å²) in [6, 6.07) is 19.5. The van der Waals surface area contributed by atoms with Crippen molar-refractivity contribution in [2.24, 2.45) is 5.16 Å². The molecule has 0 fully saturated rings. The SMILES string of the molecule is Cc1cc(/C(C[C@@H](c2ccc(CC(=O)O)cc2)c2ccccc2C)=N/O)ccn1. The molecule has 0 saturated heterocycles. The number of oxime groups is 1. The number of aromatic nitrogens is 1. The van der Waals surface area contributed by atoms with E-state index < -0.39 is 5.97 Å². The fourth-order valence-corrected chi connectivity index (χ4v) is 3.56. The molecule has 2 N–H and O–H groups in total.